The van der Waals surface area contributed by atoms with Gasteiger partial charge in [-0.3, -0.25) is 4.79 Å². The van der Waals surface area contributed by atoms with Crippen molar-refractivity contribution >= 4 is 39.0 Å². The van der Waals surface area contributed by atoms with Crippen molar-refractivity contribution in [3.8, 4) is 0 Å². The highest BCUT2D eigenvalue weighted by atomic mass is 35.5. The van der Waals surface area contributed by atoms with Gasteiger partial charge in [0.15, 0.2) is 9.84 Å². The van der Waals surface area contributed by atoms with Crippen LogP contribution in [-0.2, 0) is 25.9 Å². The van der Waals surface area contributed by atoms with Gasteiger partial charge < -0.3 is 9.64 Å². The number of esters is 1. The second kappa shape index (κ2) is 6.50. The predicted molar refractivity (Wildman–Crippen MR) is 92.5 cm³/mol. The number of ether oxygens (including phenoxy) is 1. The van der Waals surface area contributed by atoms with E-state index in [0.29, 0.717) is 10.6 Å². The summed E-state index contributed by atoms with van der Waals surface area (Å²) in [4.78, 5) is 25.5. The number of anilines is 1. The molecule has 1 aliphatic rings. The summed E-state index contributed by atoms with van der Waals surface area (Å²) >= 11 is 6.15. The number of amides is 1. The molecule has 0 unspecified atom stereocenters. The van der Waals surface area contributed by atoms with Crippen LogP contribution in [0.15, 0.2) is 47.4 Å². The molecule has 1 heterocycles. The van der Waals surface area contributed by atoms with Crippen molar-refractivity contribution < 1.29 is 22.7 Å². The van der Waals surface area contributed by atoms with Gasteiger partial charge >= 0.3 is 5.97 Å². The first-order chi connectivity index (χ1) is 11.8. The highest BCUT2D eigenvalue weighted by molar-refractivity contribution is 7.92. The lowest BCUT2D eigenvalue weighted by Gasteiger charge is -2.29. The molecular formula is C17H14ClNO5S. The average molecular weight is 380 g/mol. The average Bonchev–Trinajstić information content (AvgIpc) is 2.58. The number of methoxy groups -OCH3 is 1. The van der Waals surface area contributed by atoms with E-state index in [-0.39, 0.29) is 22.7 Å². The molecule has 130 valence electrons. The van der Waals surface area contributed by atoms with Gasteiger partial charge in [-0.25, -0.2) is 13.2 Å². The molecule has 0 aliphatic carbocycles. The van der Waals surface area contributed by atoms with Crippen LogP contribution in [0.1, 0.15) is 15.9 Å². The van der Waals surface area contributed by atoms with Gasteiger partial charge in [0.1, 0.15) is 5.75 Å². The summed E-state index contributed by atoms with van der Waals surface area (Å²) in [6.07, 6.45) is 0. The van der Waals surface area contributed by atoms with E-state index < -0.39 is 27.5 Å². The van der Waals surface area contributed by atoms with E-state index in [0.717, 1.165) is 0 Å². The highest BCUT2D eigenvalue weighted by Gasteiger charge is 2.35. The monoisotopic (exact) mass is 379 g/mol. The van der Waals surface area contributed by atoms with Gasteiger partial charge in [0.25, 0.3) is 0 Å². The van der Waals surface area contributed by atoms with Gasteiger partial charge in [-0.15, -0.1) is 0 Å². The number of nitrogens with zero attached hydrogens (tertiary/aromatic N) is 1. The van der Waals surface area contributed by atoms with E-state index in [2.05, 4.69) is 4.74 Å². The fourth-order valence-electron chi connectivity index (χ4n) is 2.66. The number of hydrogen-bond acceptors (Lipinski definition) is 5. The molecule has 0 aromatic heterocycles. The molecule has 2 aromatic carbocycles. The molecule has 0 radical (unpaired) electrons. The first kappa shape index (κ1) is 17.4. The van der Waals surface area contributed by atoms with Crippen molar-refractivity contribution in [1.82, 2.24) is 0 Å². The SMILES string of the molecule is COC(=O)c1ccc2c(c1)N(Cc1ccccc1Cl)C(=O)CS2(=O)=O. The maximum Gasteiger partial charge on any atom is 0.337 e. The largest absolute Gasteiger partial charge is 0.465 e. The molecule has 0 saturated carbocycles. The minimum absolute atomic E-state index is 0.00630. The van der Waals surface area contributed by atoms with E-state index >= 15 is 0 Å². The Morgan fingerprint density at radius 3 is 2.64 bits per heavy atom. The van der Waals surface area contributed by atoms with Gasteiger partial charge in [0.2, 0.25) is 5.91 Å². The number of fused-ring (bicyclic) bond motifs is 1. The molecule has 0 bridgehead atoms. The van der Waals surface area contributed by atoms with Gasteiger partial charge in [-0.1, -0.05) is 29.8 Å². The van der Waals surface area contributed by atoms with Crippen molar-refractivity contribution in [3.05, 3.63) is 58.6 Å². The molecule has 0 fully saturated rings. The molecule has 0 saturated heterocycles. The van der Waals surface area contributed by atoms with Crippen LogP contribution in [0.4, 0.5) is 5.69 Å². The normalized spacial score (nSPS) is 15.6. The highest BCUT2D eigenvalue weighted by Crippen LogP contribution is 2.34. The molecule has 1 aliphatic heterocycles. The number of sulfone groups is 1. The van der Waals surface area contributed by atoms with E-state index in [1.165, 1.54) is 30.2 Å². The Hall–Kier alpha value is -2.38. The van der Waals surface area contributed by atoms with Gasteiger partial charge in [-0.05, 0) is 29.8 Å². The van der Waals surface area contributed by atoms with Crippen molar-refractivity contribution in [3.63, 3.8) is 0 Å². The van der Waals surface area contributed by atoms with Gasteiger partial charge in [-0.2, -0.15) is 0 Å². The third-order valence-electron chi connectivity index (χ3n) is 3.91. The second-order valence-corrected chi connectivity index (χ2v) is 7.87. The first-order valence-corrected chi connectivity index (χ1v) is 9.35. The number of hydrogen-bond donors (Lipinski definition) is 0. The standard InChI is InChI=1S/C17H14ClNO5S/c1-24-17(21)11-6-7-15-14(8-11)19(16(20)10-25(15,22)23)9-12-4-2-3-5-13(12)18/h2-8H,9-10H2,1H3. The second-order valence-electron chi connectivity index (χ2n) is 5.50. The zero-order valence-electron chi connectivity index (χ0n) is 13.2. The Morgan fingerprint density at radius 1 is 1.24 bits per heavy atom. The topological polar surface area (TPSA) is 80.8 Å². The maximum atomic E-state index is 12.4. The van der Waals surface area contributed by atoms with Crippen molar-refractivity contribution in [2.24, 2.45) is 0 Å². The Labute approximate surface area is 149 Å². The number of carbonyl (C=O) groups is 2. The lowest BCUT2D eigenvalue weighted by atomic mass is 10.1. The molecule has 3 rings (SSSR count). The molecule has 1 amide bonds. The summed E-state index contributed by atoms with van der Waals surface area (Å²) in [6, 6.07) is 11.0. The zero-order valence-corrected chi connectivity index (χ0v) is 14.8. The lowest BCUT2D eigenvalue weighted by Crippen LogP contribution is -2.40. The van der Waals surface area contributed by atoms with Crippen LogP contribution in [-0.4, -0.2) is 33.2 Å². The van der Waals surface area contributed by atoms with E-state index in [9.17, 15) is 18.0 Å². The summed E-state index contributed by atoms with van der Waals surface area (Å²) < 4.78 is 29.3. The van der Waals surface area contributed by atoms with Crippen LogP contribution in [0, 0.1) is 0 Å². The lowest BCUT2D eigenvalue weighted by molar-refractivity contribution is -0.116. The summed E-state index contributed by atoms with van der Waals surface area (Å²) in [5, 5.41) is 0.467. The predicted octanol–water partition coefficient (Wildman–Crippen LogP) is 2.45. The fraction of sp³-hybridized carbons (Fsp3) is 0.176. The number of benzene rings is 2. The van der Waals surface area contributed by atoms with Crippen LogP contribution >= 0.6 is 11.6 Å². The van der Waals surface area contributed by atoms with Crippen molar-refractivity contribution in [2.75, 3.05) is 17.8 Å². The molecule has 0 atom stereocenters. The number of rotatable bonds is 3. The van der Waals surface area contributed by atoms with E-state index in [4.69, 9.17) is 11.6 Å². The van der Waals surface area contributed by atoms with Crippen LogP contribution in [0.3, 0.4) is 0 Å². The van der Waals surface area contributed by atoms with Gasteiger partial charge in [0, 0.05) is 5.02 Å². The van der Waals surface area contributed by atoms with Crippen molar-refractivity contribution in [2.45, 2.75) is 11.4 Å². The summed E-state index contributed by atoms with van der Waals surface area (Å²) in [7, 11) is -2.52. The quantitative estimate of drug-likeness (QED) is 0.765. The third-order valence-corrected chi connectivity index (χ3v) is 5.92. The maximum absolute atomic E-state index is 12.4. The first-order valence-electron chi connectivity index (χ1n) is 7.32. The fourth-order valence-corrected chi connectivity index (χ4v) is 4.25. The minimum Gasteiger partial charge on any atom is -0.465 e. The molecule has 25 heavy (non-hydrogen) atoms. The van der Waals surface area contributed by atoms with Gasteiger partial charge in [0.05, 0.1) is 29.8 Å². The zero-order chi connectivity index (χ0) is 18.2. The minimum atomic E-state index is -3.75. The summed E-state index contributed by atoms with van der Waals surface area (Å²) in [6.45, 7) is 0.103. The number of carbonyl (C=O) groups excluding carboxylic acids is 2. The Morgan fingerprint density at radius 2 is 1.96 bits per heavy atom. The van der Waals surface area contributed by atoms with Crippen LogP contribution in [0.5, 0.6) is 0 Å². The molecule has 0 spiro atoms. The van der Waals surface area contributed by atoms with Crippen LogP contribution in [0.2, 0.25) is 5.02 Å². The summed E-state index contributed by atoms with van der Waals surface area (Å²) in [5.74, 6) is -1.81. The van der Waals surface area contributed by atoms with Crippen molar-refractivity contribution in [1.29, 1.82) is 0 Å². The Kier molecular flexibility index (Phi) is 4.53. The van der Waals surface area contributed by atoms with E-state index in [1.54, 1.807) is 24.3 Å². The molecule has 2 aromatic rings. The van der Waals surface area contributed by atoms with E-state index in [1.807, 2.05) is 0 Å². The Bertz CT molecular complexity index is 971. The molecule has 6 nitrogen and oxygen atoms in total. The smallest absolute Gasteiger partial charge is 0.337 e. The molecular weight excluding hydrogens is 366 g/mol. The number of halogens is 1. The molecule has 8 heteroatoms. The van der Waals surface area contributed by atoms with Crippen LogP contribution in [0.25, 0.3) is 0 Å². The third kappa shape index (κ3) is 3.25. The van der Waals surface area contributed by atoms with Crippen LogP contribution < -0.4 is 4.90 Å². The Balaban J connectivity index is 2.12. The summed E-state index contributed by atoms with van der Waals surface area (Å²) in [5.41, 5.74) is 0.987. The molecule has 0 N–H and O–H groups in total.